The number of hydrogen-bond donors (Lipinski definition) is 0. The number of benzene rings is 4. The van der Waals surface area contributed by atoms with E-state index in [2.05, 4.69) is 231 Å². The molecule has 6 rings (SSSR count). The molecule has 0 spiro atoms. The van der Waals surface area contributed by atoms with E-state index in [1.54, 1.807) is 0 Å². The minimum absolute atomic E-state index is 0.211. The van der Waals surface area contributed by atoms with Gasteiger partial charge < -0.3 is 28.4 Å². The molecule has 2 unspecified atom stereocenters. The number of hydrogen-bond acceptors (Lipinski definition) is 6. The number of unbranched alkanes of at least 4 members (excludes halogenated alkanes) is 3. The largest absolute Gasteiger partial charge is 0.491 e. The van der Waals surface area contributed by atoms with Crippen LogP contribution in [-0.2, 0) is 20.3 Å². The SMILES string of the molecule is CCC(CC)(CCCCCOc1c(Br)cc(C(C)(C)c2cc(Br)c(OC(CC)(CC)CCCCC3CO3)c(Br)c2)cc1Br)Oc1c(Br)cc(C(C)(C)c2cc(Br)c(OCCCC3CCO3)c(Br)c2)cc1Br. The van der Waals surface area contributed by atoms with Crippen LogP contribution in [0.3, 0.4) is 0 Å². The van der Waals surface area contributed by atoms with E-state index in [-0.39, 0.29) is 22.0 Å². The molecule has 0 aliphatic carbocycles. The zero-order valence-electron chi connectivity index (χ0n) is 42.7. The van der Waals surface area contributed by atoms with Gasteiger partial charge in [-0.2, -0.15) is 0 Å². The summed E-state index contributed by atoms with van der Waals surface area (Å²) < 4.78 is 45.1. The molecule has 0 aromatic heterocycles. The van der Waals surface area contributed by atoms with Crippen molar-refractivity contribution in [1.82, 2.24) is 0 Å². The summed E-state index contributed by atoms with van der Waals surface area (Å²) in [6, 6.07) is 17.6. The Morgan fingerprint density at radius 2 is 0.761 bits per heavy atom. The standard InChI is InChI=1S/C57H72Br8O6/c1-9-56(10-2,70-52-46(62)31-38(32-47(52)63)55(7,8)37-29-44(60)51(45(61)30-37)68-25-18-20-40-21-26-66-40)22-15-13-17-24-67-50-42(58)27-36(28-43(50)59)54(5,6)39-33-48(64)53(49(65)34-39)71-57(11-3,12-4)23-16-14-19-41-35-69-41/h27-34,40-41H,9-26,35H2,1-8H3. The van der Waals surface area contributed by atoms with Gasteiger partial charge >= 0.3 is 0 Å². The highest BCUT2D eigenvalue weighted by Gasteiger charge is 2.35. The van der Waals surface area contributed by atoms with Crippen molar-refractivity contribution in [2.24, 2.45) is 0 Å². The third kappa shape index (κ3) is 15.5. The fourth-order valence-corrected chi connectivity index (χ4v) is 15.0. The third-order valence-corrected chi connectivity index (χ3v) is 19.9. The Morgan fingerprint density at radius 3 is 1.08 bits per heavy atom. The molecular weight excluding hydrogens is 1420 g/mol. The predicted molar refractivity (Wildman–Crippen MR) is 321 cm³/mol. The van der Waals surface area contributed by atoms with Crippen LogP contribution in [0.15, 0.2) is 84.3 Å². The van der Waals surface area contributed by atoms with Gasteiger partial charge in [0.25, 0.3) is 0 Å². The molecule has 4 aromatic carbocycles. The molecule has 2 aliphatic rings. The summed E-state index contributed by atoms with van der Waals surface area (Å²) in [5.41, 5.74) is 3.53. The molecule has 392 valence electrons. The number of ether oxygens (including phenoxy) is 6. The fraction of sp³-hybridized carbons (Fsp3) is 0.579. The van der Waals surface area contributed by atoms with E-state index in [9.17, 15) is 0 Å². The molecule has 14 heteroatoms. The first-order valence-electron chi connectivity index (χ1n) is 25.6. The van der Waals surface area contributed by atoms with Gasteiger partial charge in [0.05, 0.1) is 67.8 Å². The molecule has 2 aliphatic heterocycles. The lowest BCUT2D eigenvalue weighted by Crippen LogP contribution is -2.35. The van der Waals surface area contributed by atoms with Gasteiger partial charge in [0.15, 0.2) is 0 Å². The number of epoxide rings is 1. The van der Waals surface area contributed by atoms with Crippen molar-refractivity contribution in [3.63, 3.8) is 0 Å². The van der Waals surface area contributed by atoms with Gasteiger partial charge in [0, 0.05) is 17.4 Å². The van der Waals surface area contributed by atoms with Crippen LogP contribution in [0.25, 0.3) is 0 Å². The van der Waals surface area contributed by atoms with E-state index in [0.29, 0.717) is 25.4 Å². The highest BCUT2D eigenvalue weighted by molar-refractivity contribution is 9.12. The van der Waals surface area contributed by atoms with Crippen LogP contribution in [0, 0.1) is 0 Å². The lowest BCUT2D eigenvalue weighted by molar-refractivity contribution is -0.0566. The number of rotatable bonds is 29. The average Bonchev–Trinajstić information content (AvgIpc) is 4.15. The molecule has 2 saturated heterocycles. The molecule has 0 saturated carbocycles. The Morgan fingerprint density at radius 1 is 0.437 bits per heavy atom. The summed E-state index contributed by atoms with van der Waals surface area (Å²) in [6.45, 7) is 21.1. The minimum Gasteiger partial charge on any atom is -0.491 e. The molecule has 2 atom stereocenters. The zero-order valence-corrected chi connectivity index (χ0v) is 55.4. The maximum Gasteiger partial charge on any atom is 0.148 e. The van der Waals surface area contributed by atoms with Crippen molar-refractivity contribution in [2.45, 2.75) is 186 Å². The van der Waals surface area contributed by atoms with E-state index in [1.165, 1.54) is 12.0 Å². The molecule has 2 fully saturated rings. The first-order valence-corrected chi connectivity index (χ1v) is 31.9. The van der Waals surface area contributed by atoms with Crippen molar-refractivity contribution in [3.8, 4) is 23.0 Å². The normalized spacial score (nSPS) is 16.2. The quantitative estimate of drug-likeness (QED) is 0.0399. The summed E-state index contributed by atoms with van der Waals surface area (Å²) >= 11 is 31.0. The Bertz CT molecular complexity index is 2310. The van der Waals surface area contributed by atoms with Crippen molar-refractivity contribution < 1.29 is 28.4 Å². The molecular formula is C57H72Br8O6. The summed E-state index contributed by atoms with van der Waals surface area (Å²) in [5.74, 6) is 3.36. The second-order valence-corrected chi connectivity index (χ2v) is 27.3. The summed E-state index contributed by atoms with van der Waals surface area (Å²) in [6.07, 6.45) is 16.2. The molecule has 0 amide bonds. The maximum atomic E-state index is 7.02. The van der Waals surface area contributed by atoms with E-state index in [0.717, 1.165) is 179 Å². The summed E-state index contributed by atoms with van der Waals surface area (Å²) in [4.78, 5) is 0. The Labute approximate surface area is 492 Å². The van der Waals surface area contributed by atoms with Crippen LogP contribution in [0.2, 0.25) is 0 Å². The monoisotopic (exact) mass is 1480 g/mol. The minimum atomic E-state index is -0.315. The van der Waals surface area contributed by atoms with Crippen LogP contribution >= 0.6 is 127 Å². The van der Waals surface area contributed by atoms with Gasteiger partial charge in [-0.05, 0) is 288 Å². The second-order valence-electron chi connectivity index (χ2n) is 20.4. The predicted octanol–water partition coefficient (Wildman–Crippen LogP) is 20.9. The Hall–Kier alpha value is -0.160. The van der Waals surface area contributed by atoms with Crippen LogP contribution < -0.4 is 18.9 Å². The van der Waals surface area contributed by atoms with E-state index >= 15 is 0 Å². The van der Waals surface area contributed by atoms with Gasteiger partial charge in [-0.15, -0.1) is 0 Å². The first kappa shape index (κ1) is 60.1. The molecule has 6 nitrogen and oxygen atoms in total. The molecule has 2 heterocycles. The molecule has 0 bridgehead atoms. The first-order chi connectivity index (χ1) is 33.7. The van der Waals surface area contributed by atoms with E-state index in [4.69, 9.17) is 28.4 Å². The molecule has 71 heavy (non-hydrogen) atoms. The lowest BCUT2D eigenvalue weighted by atomic mass is 9.78. The maximum absolute atomic E-state index is 7.02. The van der Waals surface area contributed by atoms with Crippen LogP contribution in [-0.4, -0.2) is 49.8 Å². The van der Waals surface area contributed by atoms with Gasteiger partial charge in [0.2, 0.25) is 0 Å². The Kier molecular flexibility index (Phi) is 22.8. The van der Waals surface area contributed by atoms with Gasteiger partial charge in [-0.3, -0.25) is 0 Å². The second kappa shape index (κ2) is 26.9. The van der Waals surface area contributed by atoms with Crippen LogP contribution in [0.1, 0.15) is 174 Å². The fourth-order valence-electron chi connectivity index (χ4n) is 9.47. The van der Waals surface area contributed by atoms with Crippen molar-refractivity contribution in [3.05, 3.63) is 107 Å². The summed E-state index contributed by atoms with van der Waals surface area (Å²) in [7, 11) is 0. The van der Waals surface area contributed by atoms with Gasteiger partial charge in [0.1, 0.15) is 34.2 Å². The van der Waals surface area contributed by atoms with Crippen LogP contribution in [0.5, 0.6) is 23.0 Å². The molecule has 4 aromatic rings. The smallest absolute Gasteiger partial charge is 0.148 e. The highest BCUT2D eigenvalue weighted by Crippen LogP contribution is 2.48. The topological polar surface area (TPSA) is 58.7 Å². The zero-order chi connectivity index (χ0) is 51.7. The molecule has 0 radical (unpaired) electrons. The highest BCUT2D eigenvalue weighted by atomic mass is 79.9. The third-order valence-electron chi connectivity index (χ3n) is 15.1. The number of halogens is 8. The van der Waals surface area contributed by atoms with Gasteiger partial charge in [-0.1, -0.05) is 61.8 Å². The average molecular weight is 1490 g/mol. The van der Waals surface area contributed by atoms with E-state index in [1.807, 2.05) is 0 Å². The summed E-state index contributed by atoms with van der Waals surface area (Å²) in [5, 5.41) is 0. The van der Waals surface area contributed by atoms with E-state index < -0.39 is 0 Å². The van der Waals surface area contributed by atoms with Crippen molar-refractivity contribution in [1.29, 1.82) is 0 Å². The Balaban J connectivity index is 1.02. The lowest BCUT2D eigenvalue weighted by Gasteiger charge is -2.35. The van der Waals surface area contributed by atoms with Crippen molar-refractivity contribution in [2.75, 3.05) is 26.4 Å². The van der Waals surface area contributed by atoms with Crippen LogP contribution in [0.4, 0.5) is 0 Å². The van der Waals surface area contributed by atoms with Gasteiger partial charge in [-0.25, -0.2) is 0 Å². The molecule has 0 N–H and O–H groups in total. The van der Waals surface area contributed by atoms with Crippen molar-refractivity contribution >= 4 is 127 Å².